The summed E-state index contributed by atoms with van der Waals surface area (Å²) in [5, 5.41) is 13.7. The zero-order valence-corrected chi connectivity index (χ0v) is 31.3. The smallest absolute Gasteiger partial charge is 0.313 e. The number of aliphatic hydroxyl groups excluding tert-OH is 1. The second-order valence-corrected chi connectivity index (χ2v) is 15.7. The number of nitrogens with one attached hydrogen (secondary N) is 1. The number of nitrogens with zero attached hydrogens (tertiary/aromatic N) is 2. The summed E-state index contributed by atoms with van der Waals surface area (Å²) in [4.78, 5) is 60.2. The van der Waals surface area contributed by atoms with Crippen LogP contribution in [-0.4, -0.2) is 92.4 Å². The number of carbonyl (C=O) groups excluding carboxylic acids is 4. The molecular weight excluding hydrogens is 702 g/mol. The Morgan fingerprint density at radius 2 is 1.86 bits per heavy atom. The Labute approximate surface area is 305 Å². The molecule has 3 saturated heterocycles. The topological polar surface area (TPSA) is 125 Å². The van der Waals surface area contributed by atoms with E-state index in [4.69, 9.17) is 9.47 Å². The molecule has 3 heterocycles. The van der Waals surface area contributed by atoms with Gasteiger partial charge in [-0.2, -0.15) is 0 Å². The van der Waals surface area contributed by atoms with Gasteiger partial charge in [0.1, 0.15) is 17.7 Å². The first-order chi connectivity index (χ1) is 24.0. The predicted octanol–water partition coefficient (Wildman–Crippen LogP) is 5.24. The Hall–Kier alpha value is -3.02. The Balaban J connectivity index is 1.53. The van der Waals surface area contributed by atoms with Crippen molar-refractivity contribution < 1.29 is 33.8 Å². The Morgan fingerprint density at radius 3 is 2.48 bits per heavy atom. The molecule has 10 nitrogen and oxygen atoms in total. The molecule has 1 aromatic carbocycles. The summed E-state index contributed by atoms with van der Waals surface area (Å²) in [5.74, 6) is -3.50. The molecule has 11 heteroatoms. The van der Waals surface area contributed by atoms with E-state index in [0.29, 0.717) is 31.4 Å². The number of fused-ring (bicyclic) bond motifs is 1. The second-order valence-electron chi connectivity index (χ2n) is 14.6. The number of likely N-dealkylation sites (tertiary alicyclic amines) is 1. The minimum absolute atomic E-state index is 0.00627. The van der Waals surface area contributed by atoms with E-state index in [1.807, 2.05) is 49.1 Å². The lowest BCUT2D eigenvalue weighted by molar-refractivity contribution is -0.163. The number of rotatable bonds is 16. The minimum atomic E-state index is -1.29. The van der Waals surface area contributed by atoms with Crippen molar-refractivity contribution in [3.05, 3.63) is 61.2 Å². The molecule has 0 aromatic heterocycles. The highest BCUT2D eigenvalue weighted by atomic mass is 79.9. The van der Waals surface area contributed by atoms with Gasteiger partial charge < -0.3 is 29.7 Å². The van der Waals surface area contributed by atoms with Crippen molar-refractivity contribution in [2.75, 3.05) is 13.2 Å². The van der Waals surface area contributed by atoms with Crippen LogP contribution in [0.25, 0.3) is 0 Å². The molecule has 0 radical (unpaired) electrons. The number of amides is 3. The Morgan fingerprint density at radius 1 is 1.16 bits per heavy atom. The van der Waals surface area contributed by atoms with Gasteiger partial charge in [0.15, 0.2) is 0 Å². The van der Waals surface area contributed by atoms with Crippen LogP contribution in [0.3, 0.4) is 0 Å². The maximum absolute atomic E-state index is 15.0. The molecule has 1 aromatic rings. The number of hydrogen-bond donors (Lipinski definition) is 2. The van der Waals surface area contributed by atoms with Gasteiger partial charge in [-0.25, -0.2) is 0 Å². The number of hydrogen-bond acceptors (Lipinski definition) is 7. The third-order valence-electron chi connectivity index (χ3n) is 11.5. The van der Waals surface area contributed by atoms with E-state index in [2.05, 4.69) is 34.4 Å². The molecule has 1 unspecified atom stereocenters. The summed E-state index contributed by atoms with van der Waals surface area (Å²) >= 11 is 3.77. The molecule has 3 aliphatic heterocycles. The van der Waals surface area contributed by atoms with Crippen LogP contribution >= 0.6 is 15.9 Å². The van der Waals surface area contributed by atoms with Crippen LogP contribution in [0.15, 0.2) is 55.6 Å². The standard InChI is InChI=1S/C39H54BrN3O7/c1-6-9-20-30(45)41-25(5)33(26-16-12-10-13-17-26)49-38(48)31-32-36(46)43(29(23-44)24(4)8-3)35(39(32)22-28(40)34(31)50-39)37(47)42(21-7-2)27-18-14-11-15-19-27/h6-7,10,12-13,16-17,24-25,27-29,31-35,44H,1-2,8-9,11,14-15,18-23H2,3-5H3,(H,41,45)/t24-,25-,28?,29-,31+,32-,33-,34+,35+,39-/m0/s1. The van der Waals surface area contributed by atoms with Gasteiger partial charge in [-0.1, -0.05) is 97.9 Å². The normalized spacial score (nSPS) is 29.8. The van der Waals surface area contributed by atoms with Crippen LogP contribution < -0.4 is 5.32 Å². The second kappa shape index (κ2) is 16.5. The van der Waals surface area contributed by atoms with E-state index < -0.39 is 53.7 Å². The van der Waals surface area contributed by atoms with Gasteiger partial charge in [0.25, 0.3) is 0 Å². The molecule has 1 aliphatic carbocycles. The first-order valence-electron chi connectivity index (χ1n) is 18.4. The van der Waals surface area contributed by atoms with Crippen molar-refractivity contribution >= 4 is 39.6 Å². The summed E-state index contributed by atoms with van der Waals surface area (Å²) in [6.07, 6.45) is 8.55. The minimum Gasteiger partial charge on any atom is -0.455 e. The molecule has 50 heavy (non-hydrogen) atoms. The molecule has 4 fully saturated rings. The third kappa shape index (κ3) is 7.19. The van der Waals surface area contributed by atoms with Crippen LogP contribution in [-0.2, 0) is 28.7 Å². The molecule has 1 saturated carbocycles. The zero-order chi connectivity index (χ0) is 36.2. The van der Waals surface area contributed by atoms with Crippen molar-refractivity contribution in [3.63, 3.8) is 0 Å². The summed E-state index contributed by atoms with van der Waals surface area (Å²) in [5.41, 5.74) is -0.595. The number of aliphatic hydroxyl groups is 1. The molecule has 2 N–H and O–H groups in total. The van der Waals surface area contributed by atoms with Gasteiger partial charge in [-0.3, -0.25) is 19.2 Å². The number of benzene rings is 1. The number of ether oxygens (including phenoxy) is 2. The van der Waals surface area contributed by atoms with Gasteiger partial charge in [0.2, 0.25) is 17.7 Å². The monoisotopic (exact) mass is 755 g/mol. The first kappa shape index (κ1) is 38.2. The predicted molar refractivity (Wildman–Crippen MR) is 194 cm³/mol. The number of esters is 1. The number of carbonyl (C=O) groups is 4. The zero-order valence-electron chi connectivity index (χ0n) is 29.7. The van der Waals surface area contributed by atoms with E-state index in [1.165, 1.54) is 0 Å². The van der Waals surface area contributed by atoms with Gasteiger partial charge in [0.05, 0.1) is 36.6 Å². The van der Waals surface area contributed by atoms with Gasteiger partial charge in [-0.05, 0) is 44.1 Å². The van der Waals surface area contributed by atoms with Crippen molar-refractivity contribution in [3.8, 4) is 0 Å². The summed E-state index contributed by atoms with van der Waals surface area (Å²) in [7, 11) is 0. The van der Waals surface area contributed by atoms with Crippen LogP contribution in [0.4, 0.5) is 0 Å². The average molecular weight is 757 g/mol. The maximum Gasteiger partial charge on any atom is 0.313 e. The highest BCUT2D eigenvalue weighted by Gasteiger charge is 2.78. The van der Waals surface area contributed by atoms with Crippen LogP contribution in [0, 0.1) is 17.8 Å². The van der Waals surface area contributed by atoms with Crippen LogP contribution in [0.1, 0.15) is 90.2 Å². The molecule has 1 spiro atoms. The lowest BCUT2D eigenvalue weighted by Gasteiger charge is -2.43. The van der Waals surface area contributed by atoms with Gasteiger partial charge >= 0.3 is 5.97 Å². The Kier molecular flexibility index (Phi) is 12.6. The lowest BCUT2D eigenvalue weighted by atomic mass is 9.70. The van der Waals surface area contributed by atoms with Crippen molar-refractivity contribution in [2.24, 2.45) is 17.8 Å². The van der Waals surface area contributed by atoms with E-state index in [1.54, 1.807) is 24.0 Å². The number of allylic oxidation sites excluding steroid dienone is 1. The van der Waals surface area contributed by atoms with Gasteiger partial charge in [0, 0.05) is 23.8 Å². The maximum atomic E-state index is 15.0. The quantitative estimate of drug-likeness (QED) is 0.134. The molecular formula is C39H54BrN3O7. The van der Waals surface area contributed by atoms with Crippen LogP contribution in [0.5, 0.6) is 0 Å². The SMILES string of the molecule is C=CCCC(=O)N[C@@H](C)[C@H](OC(=O)[C@H]1[C@@H]2O[C@@]3(CC2Br)[C@@H]1C(=O)N([C@@H](CO)[C@@H](C)CC)[C@@H]3C(=O)N(CC=C)C1CCCCC1)c1ccccc1. The molecule has 3 amide bonds. The lowest BCUT2D eigenvalue weighted by Crippen LogP contribution is -2.61. The number of halogens is 1. The fraction of sp³-hybridized carbons (Fsp3) is 0.641. The average Bonchev–Trinajstić information content (AvgIpc) is 3.72. The van der Waals surface area contributed by atoms with Gasteiger partial charge in [-0.15, -0.1) is 13.2 Å². The van der Waals surface area contributed by atoms with Crippen molar-refractivity contribution in [2.45, 2.75) is 125 Å². The summed E-state index contributed by atoms with van der Waals surface area (Å²) in [6, 6.07) is 6.97. The molecule has 10 atom stereocenters. The molecule has 274 valence electrons. The summed E-state index contributed by atoms with van der Waals surface area (Å²) < 4.78 is 13.1. The van der Waals surface area contributed by atoms with Crippen LogP contribution in [0.2, 0.25) is 0 Å². The highest BCUT2D eigenvalue weighted by molar-refractivity contribution is 9.09. The van der Waals surface area contributed by atoms with Crippen molar-refractivity contribution in [1.29, 1.82) is 0 Å². The van der Waals surface area contributed by atoms with E-state index in [-0.39, 0.29) is 47.5 Å². The summed E-state index contributed by atoms with van der Waals surface area (Å²) in [6.45, 7) is 13.4. The highest BCUT2D eigenvalue weighted by Crippen LogP contribution is 2.61. The molecule has 5 rings (SSSR count). The first-order valence-corrected chi connectivity index (χ1v) is 19.3. The molecule has 2 bridgehead atoms. The largest absolute Gasteiger partial charge is 0.455 e. The molecule has 4 aliphatic rings. The Bertz CT molecular complexity index is 1400. The van der Waals surface area contributed by atoms with Crippen molar-refractivity contribution in [1.82, 2.24) is 15.1 Å². The third-order valence-corrected chi connectivity index (χ3v) is 12.3. The fourth-order valence-electron chi connectivity index (χ4n) is 8.84. The van der Waals surface area contributed by atoms with E-state index in [0.717, 1.165) is 32.1 Å². The fourth-order valence-corrected chi connectivity index (χ4v) is 9.78. The van der Waals surface area contributed by atoms with E-state index >= 15 is 4.79 Å². The van der Waals surface area contributed by atoms with E-state index in [9.17, 15) is 19.5 Å². The number of alkyl halides is 1.